The Labute approximate surface area is 136 Å². The number of thiophene rings is 1. The predicted octanol–water partition coefficient (Wildman–Crippen LogP) is 0.989. The number of aryl methyl sites for hydroxylation is 1. The van der Waals surface area contributed by atoms with Crippen molar-refractivity contribution in [2.45, 2.75) is 31.8 Å². The van der Waals surface area contributed by atoms with Crippen molar-refractivity contribution >= 4 is 27.3 Å². The summed E-state index contributed by atoms with van der Waals surface area (Å²) in [6, 6.07) is 2.13. The molecule has 23 heavy (non-hydrogen) atoms. The molecule has 1 saturated heterocycles. The van der Waals surface area contributed by atoms with Crippen LogP contribution in [0.2, 0.25) is 0 Å². The number of fused-ring (bicyclic) bond motifs is 3. The normalized spacial score (nSPS) is 19.8. The molecule has 1 aliphatic heterocycles. The fraction of sp³-hybridized carbons (Fsp3) is 0.533. The third-order valence-corrected chi connectivity index (χ3v) is 5.59. The van der Waals surface area contributed by atoms with Crippen molar-refractivity contribution in [2.75, 3.05) is 13.2 Å². The van der Waals surface area contributed by atoms with Crippen molar-refractivity contribution in [2.24, 2.45) is 7.05 Å². The Morgan fingerprint density at radius 1 is 1.39 bits per heavy atom. The molecule has 0 amide bonds. The first-order valence-electron chi connectivity index (χ1n) is 7.86. The Kier molecular flexibility index (Phi) is 3.67. The minimum absolute atomic E-state index is 0.0346. The fourth-order valence-electron chi connectivity index (χ4n) is 3.41. The molecule has 0 bridgehead atoms. The van der Waals surface area contributed by atoms with Gasteiger partial charge in [0.2, 0.25) is 5.78 Å². The van der Waals surface area contributed by atoms with Crippen molar-refractivity contribution in [3.8, 4) is 0 Å². The van der Waals surface area contributed by atoms with Crippen LogP contribution in [0.15, 0.2) is 16.2 Å². The van der Waals surface area contributed by atoms with E-state index in [9.17, 15) is 9.90 Å². The molecule has 4 rings (SSSR count). The van der Waals surface area contributed by atoms with E-state index >= 15 is 0 Å². The van der Waals surface area contributed by atoms with Crippen molar-refractivity contribution in [3.05, 3.63) is 27.6 Å². The van der Waals surface area contributed by atoms with Crippen LogP contribution in [0.5, 0.6) is 0 Å². The van der Waals surface area contributed by atoms with E-state index in [4.69, 9.17) is 0 Å². The van der Waals surface area contributed by atoms with Gasteiger partial charge in [0.05, 0.1) is 18.7 Å². The molecule has 8 heteroatoms. The van der Waals surface area contributed by atoms with E-state index in [-0.39, 0.29) is 18.2 Å². The molecule has 0 spiro atoms. The summed E-state index contributed by atoms with van der Waals surface area (Å²) in [6.07, 6.45) is 3.31. The molecule has 0 radical (unpaired) electrons. The number of aliphatic hydroxyl groups is 1. The van der Waals surface area contributed by atoms with Crippen LogP contribution >= 0.6 is 11.3 Å². The first-order valence-corrected chi connectivity index (χ1v) is 8.74. The third-order valence-electron chi connectivity index (χ3n) is 4.70. The highest BCUT2D eigenvalue weighted by molar-refractivity contribution is 7.17. The van der Waals surface area contributed by atoms with Crippen LogP contribution in [0.25, 0.3) is 16.0 Å². The van der Waals surface area contributed by atoms with Crippen LogP contribution in [0, 0.1) is 0 Å². The molecule has 0 aromatic carbocycles. The SMILES string of the molecule is Cn1c(=O)c2sccc2n2c(CN3CCCCC3CO)nnc12. The molecule has 1 unspecified atom stereocenters. The molecule has 4 heterocycles. The second-order valence-electron chi connectivity index (χ2n) is 6.05. The number of nitrogens with zero attached hydrogens (tertiary/aromatic N) is 5. The molecule has 1 atom stereocenters. The van der Waals surface area contributed by atoms with E-state index in [0.717, 1.165) is 41.8 Å². The maximum Gasteiger partial charge on any atom is 0.272 e. The number of rotatable bonds is 3. The number of hydrogen-bond donors (Lipinski definition) is 1. The molecular formula is C15H19N5O2S. The van der Waals surface area contributed by atoms with Crippen molar-refractivity contribution in [3.63, 3.8) is 0 Å². The third kappa shape index (κ3) is 2.29. The molecule has 1 N–H and O–H groups in total. The predicted molar refractivity (Wildman–Crippen MR) is 88.7 cm³/mol. The molecule has 3 aromatic rings. The average Bonchev–Trinajstić information content (AvgIpc) is 3.20. The highest BCUT2D eigenvalue weighted by atomic mass is 32.1. The van der Waals surface area contributed by atoms with E-state index in [1.54, 1.807) is 11.6 Å². The van der Waals surface area contributed by atoms with Gasteiger partial charge in [-0.1, -0.05) is 6.42 Å². The lowest BCUT2D eigenvalue weighted by molar-refractivity contribution is 0.0817. The summed E-state index contributed by atoms with van der Waals surface area (Å²) >= 11 is 1.44. The van der Waals surface area contributed by atoms with Gasteiger partial charge in [0.15, 0.2) is 5.82 Å². The molecular weight excluding hydrogens is 314 g/mol. The Hall–Kier alpha value is -1.77. The zero-order valence-electron chi connectivity index (χ0n) is 13.0. The van der Waals surface area contributed by atoms with E-state index < -0.39 is 0 Å². The van der Waals surface area contributed by atoms with E-state index in [2.05, 4.69) is 15.1 Å². The summed E-state index contributed by atoms with van der Waals surface area (Å²) < 4.78 is 4.24. The second kappa shape index (κ2) is 5.70. The summed E-state index contributed by atoms with van der Waals surface area (Å²) in [5.74, 6) is 1.38. The lowest BCUT2D eigenvalue weighted by Crippen LogP contribution is -2.41. The summed E-state index contributed by atoms with van der Waals surface area (Å²) in [7, 11) is 1.73. The topological polar surface area (TPSA) is 75.7 Å². The Morgan fingerprint density at radius 2 is 2.26 bits per heavy atom. The quantitative estimate of drug-likeness (QED) is 0.773. The van der Waals surface area contributed by atoms with Crippen LogP contribution in [0.3, 0.4) is 0 Å². The highest BCUT2D eigenvalue weighted by Gasteiger charge is 2.24. The molecule has 7 nitrogen and oxygen atoms in total. The Morgan fingerprint density at radius 3 is 3.09 bits per heavy atom. The molecule has 3 aromatic heterocycles. The lowest BCUT2D eigenvalue weighted by Gasteiger charge is -2.33. The van der Waals surface area contributed by atoms with Crippen LogP contribution in [-0.4, -0.2) is 48.4 Å². The summed E-state index contributed by atoms with van der Waals surface area (Å²) in [4.78, 5) is 14.6. The van der Waals surface area contributed by atoms with E-state index in [1.165, 1.54) is 11.3 Å². The van der Waals surface area contributed by atoms with Crippen LogP contribution in [0.1, 0.15) is 25.1 Å². The van der Waals surface area contributed by atoms with Gasteiger partial charge in [-0.05, 0) is 30.8 Å². The number of likely N-dealkylation sites (tertiary alicyclic amines) is 1. The van der Waals surface area contributed by atoms with Crippen molar-refractivity contribution in [1.29, 1.82) is 0 Å². The van der Waals surface area contributed by atoms with Crippen LogP contribution < -0.4 is 5.56 Å². The van der Waals surface area contributed by atoms with Gasteiger partial charge in [-0.2, -0.15) is 0 Å². The maximum atomic E-state index is 12.3. The van der Waals surface area contributed by atoms with Gasteiger partial charge >= 0.3 is 0 Å². The zero-order chi connectivity index (χ0) is 16.0. The number of piperidine rings is 1. The van der Waals surface area contributed by atoms with Gasteiger partial charge < -0.3 is 5.11 Å². The molecule has 0 saturated carbocycles. The zero-order valence-corrected chi connectivity index (χ0v) is 13.8. The number of aromatic nitrogens is 4. The first-order chi connectivity index (χ1) is 11.2. The van der Waals surface area contributed by atoms with Crippen LogP contribution in [-0.2, 0) is 13.6 Å². The molecule has 1 aliphatic rings. The van der Waals surface area contributed by atoms with Gasteiger partial charge in [0.1, 0.15) is 4.70 Å². The van der Waals surface area contributed by atoms with Gasteiger partial charge in [0.25, 0.3) is 5.56 Å². The highest BCUT2D eigenvalue weighted by Crippen LogP contribution is 2.22. The maximum absolute atomic E-state index is 12.3. The number of hydrogen-bond acceptors (Lipinski definition) is 6. The van der Waals surface area contributed by atoms with E-state index in [1.807, 2.05) is 15.8 Å². The molecule has 122 valence electrons. The smallest absolute Gasteiger partial charge is 0.272 e. The van der Waals surface area contributed by atoms with Crippen LogP contribution in [0.4, 0.5) is 0 Å². The first kappa shape index (κ1) is 14.8. The van der Waals surface area contributed by atoms with Crippen molar-refractivity contribution < 1.29 is 5.11 Å². The minimum Gasteiger partial charge on any atom is -0.395 e. The summed E-state index contributed by atoms with van der Waals surface area (Å²) in [5.41, 5.74) is 0.832. The molecule has 1 fully saturated rings. The van der Waals surface area contributed by atoms with Gasteiger partial charge in [-0.3, -0.25) is 18.7 Å². The largest absolute Gasteiger partial charge is 0.395 e. The van der Waals surface area contributed by atoms with Crippen molar-refractivity contribution in [1.82, 2.24) is 24.1 Å². The van der Waals surface area contributed by atoms with E-state index in [0.29, 0.717) is 12.3 Å². The Bertz CT molecular complexity index is 912. The fourth-order valence-corrected chi connectivity index (χ4v) is 4.26. The standard InChI is InChI=1S/C15H19N5O2S/c1-18-14(22)13-11(5-7-23-13)20-12(16-17-15(18)20)8-19-6-3-2-4-10(19)9-21/h5,7,10,21H,2-4,6,8-9H2,1H3. The molecule has 0 aliphatic carbocycles. The second-order valence-corrected chi connectivity index (χ2v) is 6.97. The Balaban J connectivity index is 1.83. The van der Waals surface area contributed by atoms with Gasteiger partial charge in [-0.25, -0.2) is 0 Å². The summed E-state index contributed by atoms with van der Waals surface area (Å²) in [5, 5.41) is 20.1. The average molecular weight is 333 g/mol. The minimum atomic E-state index is -0.0346. The lowest BCUT2D eigenvalue weighted by atomic mass is 10.0. The summed E-state index contributed by atoms with van der Waals surface area (Å²) in [6.45, 7) is 1.76. The van der Waals surface area contributed by atoms with Gasteiger partial charge in [-0.15, -0.1) is 21.5 Å². The van der Waals surface area contributed by atoms with Gasteiger partial charge in [0, 0.05) is 13.1 Å². The monoisotopic (exact) mass is 333 g/mol. The number of aliphatic hydroxyl groups excluding tert-OH is 1.